The largest absolute Gasteiger partial charge is 0.341 e. The van der Waals surface area contributed by atoms with Gasteiger partial charge in [-0.1, -0.05) is 48.5 Å². The number of aromatic nitrogens is 6. The van der Waals surface area contributed by atoms with Crippen LogP contribution in [-0.4, -0.2) is 47.8 Å². The first kappa shape index (κ1) is 24.1. The molecule has 1 fully saturated rings. The van der Waals surface area contributed by atoms with Gasteiger partial charge in [0.2, 0.25) is 5.95 Å². The summed E-state index contributed by atoms with van der Waals surface area (Å²) in [6.07, 6.45) is 1.89. The van der Waals surface area contributed by atoms with E-state index in [9.17, 15) is 9.59 Å². The number of piperidine rings is 1. The van der Waals surface area contributed by atoms with Crippen molar-refractivity contribution in [3.05, 3.63) is 92.5 Å². The van der Waals surface area contributed by atoms with Crippen molar-refractivity contribution in [1.29, 1.82) is 0 Å². The Bertz CT molecular complexity index is 1770. The number of imidazole rings is 1. The van der Waals surface area contributed by atoms with Gasteiger partial charge < -0.3 is 10.6 Å². The Morgan fingerprint density at radius 3 is 2.50 bits per heavy atom. The van der Waals surface area contributed by atoms with Gasteiger partial charge in [0.05, 0.1) is 18.6 Å². The van der Waals surface area contributed by atoms with Crippen LogP contribution in [0.15, 0.2) is 64.2 Å². The van der Waals surface area contributed by atoms with Gasteiger partial charge in [-0.3, -0.25) is 18.5 Å². The van der Waals surface area contributed by atoms with Gasteiger partial charge >= 0.3 is 5.69 Å². The number of anilines is 1. The topological polar surface area (TPSA) is 117 Å². The van der Waals surface area contributed by atoms with E-state index in [0.717, 1.165) is 41.5 Å². The number of rotatable bonds is 5. The molecule has 2 N–H and O–H groups in total. The highest BCUT2D eigenvalue weighted by Gasteiger charge is 2.26. The van der Waals surface area contributed by atoms with E-state index < -0.39 is 11.2 Å². The lowest BCUT2D eigenvalue weighted by Crippen LogP contribution is -2.44. The van der Waals surface area contributed by atoms with E-state index >= 15 is 0 Å². The maximum absolute atomic E-state index is 14.0. The molecule has 4 heterocycles. The van der Waals surface area contributed by atoms with Gasteiger partial charge in [-0.05, 0) is 31.4 Å². The van der Waals surface area contributed by atoms with Crippen LogP contribution in [0.3, 0.4) is 0 Å². The Balaban J connectivity index is 1.54. The van der Waals surface area contributed by atoms with E-state index in [1.165, 1.54) is 9.13 Å². The molecule has 10 heteroatoms. The predicted molar refractivity (Wildman–Crippen MR) is 148 cm³/mol. The zero-order valence-electron chi connectivity index (χ0n) is 21.5. The molecule has 194 valence electrons. The minimum Gasteiger partial charge on any atom is -0.341 e. The number of hydrogen-bond acceptors (Lipinski definition) is 7. The summed E-state index contributed by atoms with van der Waals surface area (Å²) in [5.41, 5.74) is 8.77. The van der Waals surface area contributed by atoms with Crippen LogP contribution >= 0.6 is 0 Å². The molecule has 0 amide bonds. The number of hydrogen-bond donors (Lipinski definition) is 1. The fraction of sp³-hybridized carbons (Fsp3) is 0.321. The predicted octanol–water partition coefficient (Wildman–Crippen LogP) is 2.17. The molecule has 0 radical (unpaired) electrons. The minimum absolute atomic E-state index is 0.0301. The molecule has 0 bridgehead atoms. The van der Waals surface area contributed by atoms with Crippen LogP contribution in [0.1, 0.15) is 29.9 Å². The molecule has 1 aliphatic heterocycles. The van der Waals surface area contributed by atoms with Gasteiger partial charge in [-0.25, -0.2) is 14.8 Å². The van der Waals surface area contributed by atoms with Crippen LogP contribution in [0, 0.1) is 6.92 Å². The summed E-state index contributed by atoms with van der Waals surface area (Å²) in [7, 11) is 1.65. The zero-order valence-corrected chi connectivity index (χ0v) is 21.5. The van der Waals surface area contributed by atoms with E-state index in [1.54, 1.807) is 7.05 Å². The third-order valence-corrected chi connectivity index (χ3v) is 7.28. The van der Waals surface area contributed by atoms with E-state index in [2.05, 4.69) is 14.9 Å². The van der Waals surface area contributed by atoms with Crippen LogP contribution in [0.5, 0.6) is 0 Å². The van der Waals surface area contributed by atoms with Crippen molar-refractivity contribution in [2.24, 2.45) is 12.8 Å². The fourth-order valence-electron chi connectivity index (χ4n) is 5.36. The van der Waals surface area contributed by atoms with Crippen molar-refractivity contribution in [2.45, 2.75) is 38.9 Å². The molecular formula is C28H30N8O2. The average Bonchev–Trinajstić information content (AvgIpc) is 3.30. The van der Waals surface area contributed by atoms with Gasteiger partial charge in [0.15, 0.2) is 11.2 Å². The first-order valence-electron chi connectivity index (χ1n) is 12.9. The second-order valence-corrected chi connectivity index (χ2v) is 9.98. The van der Waals surface area contributed by atoms with Gasteiger partial charge in [0.25, 0.3) is 5.56 Å². The van der Waals surface area contributed by atoms with Crippen molar-refractivity contribution in [3.8, 4) is 0 Å². The second kappa shape index (κ2) is 9.53. The molecule has 6 rings (SSSR count). The number of benzene rings is 2. The molecule has 1 unspecified atom stereocenters. The van der Waals surface area contributed by atoms with E-state index in [1.807, 2.05) is 66.1 Å². The molecule has 0 aliphatic carbocycles. The third kappa shape index (κ3) is 4.16. The zero-order chi connectivity index (χ0) is 26.4. The van der Waals surface area contributed by atoms with Crippen molar-refractivity contribution in [1.82, 2.24) is 28.7 Å². The standard InChI is InChI=1S/C28H30N8O2/c1-18-21-12-6-7-13-22(21)31-23(30-18)17-36-26(37)24-25(33(2)28(36)38)32-27(34-14-8-11-20(29)16-34)35(24)15-19-9-4-3-5-10-19/h3-7,9-10,12-13,20H,8,11,14-17,29H2,1-2H3. The fourth-order valence-corrected chi connectivity index (χ4v) is 5.36. The van der Waals surface area contributed by atoms with Crippen LogP contribution < -0.4 is 21.9 Å². The summed E-state index contributed by atoms with van der Waals surface area (Å²) >= 11 is 0. The maximum Gasteiger partial charge on any atom is 0.332 e. The quantitative estimate of drug-likeness (QED) is 0.385. The lowest BCUT2D eigenvalue weighted by atomic mass is 10.1. The highest BCUT2D eigenvalue weighted by molar-refractivity contribution is 5.80. The number of fused-ring (bicyclic) bond motifs is 2. The molecule has 2 aromatic carbocycles. The summed E-state index contributed by atoms with van der Waals surface area (Å²) < 4.78 is 4.58. The molecule has 10 nitrogen and oxygen atoms in total. The molecule has 1 saturated heterocycles. The number of nitrogens with two attached hydrogens (primary N) is 1. The number of aryl methyl sites for hydroxylation is 2. The molecule has 1 atom stereocenters. The minimum atomic E-state index is -0.455. The highest BCUT2D eigenvalue weighted by Crippen LogP contribution is 2.24. The van der Waals surface area contributed by atoms with Crippen molar-refractivity contribution >= 4 is 28.0 Å². The van der Waals surface area contributed by atoms with Gasteiger partial charge in [0, 0.05) is 37.3 Å². The van der Waals surface area contributed by atoms with Crippen LogP contribution in [0.4, 0.5) is 5.95 Å². The molecule has 1 aliphatic rings. The first-order chi connectivity index (χ1) is 18.4. The lowest BCUT2D eigenvalue weighted by molar-refractivity contribution is 0.495. The Morgan fingerprint density at radius 2 is 1.71 bits per heavy atom. The average molecular weight is 511 g/mol. The highest BCUT2D eigenvalue weighted by atomic mass is 16.2. The molecule has 0 saturated carbocycles. The Hall–Kier alpha value is -4.31. The van der Waals surface area contributed by atoms with Crippen LogP contribution in [-0.2, 0) is 20.1 Å². The Labute approximate surface area is 219 Å². The van der Waals surface area contributed by atoms with Gasteiger partial charge in [-0.2, -0.15) is 4.98 Å². The van der Waals surface area contributed by atoms with Crippen molar-refractivity contribution in [2.75, 3.05) is 18.0 Å². The third-order valence-electron chi connectivity index (χ3n) is 7.28. The lowest BCUT2D eigenvalue weighted by Gasteiger charge is -2.31. The smallest absolute Gasteiger partial charge is 0.332 e. The monoisotopic (exact) mass is 510 g/mol. The van der Waals surface area contributed by atoms with Crippen LogP contribution in [0.25, 0.3) is 22.1 Å². The Kier molecular flexibility index (Phi) is 6.03. The summed E-state index contributed by atoms with van der Waals surface area (Å²) in [6, 6.07) is 17.7. The number of para-hydroxylation sites is 1. The Morgan fingerprint density at radius 1 is 0.947 bits per heavy atom. The normalized spacial score (nSPS) is 16.0. The maximum atomic E-state index is 14.0. The summed E-state index contributed by atoms with van der Waals surface area (Å²) in [4.78, 5) is 43.7. The van der Waals surface area contributed by atoms with Gasteiger partial charge in [0.1, 0.15) is 5.82 Å². The summed E-state index contributed by atoms with van der Waals surface area (Å²) in [5.74, 6) is 1.07. The number of nitrogens with zero attached hydrogens (tertiary/aromatic N) is 7. The summed E-state index contributed by atoms with van der Waals surface area (Å²) in [6.45, 7) is 3.75. The van der Waals surface area contributed by atoms with E-state index in [-0.39, 0.29) is 12.6 Å². The first-order valence-corrected chi connectivity index (χ1v) is 12.9. The molecule has 0 spiro atoms. The van der Waals surface area contributed by atoms with Crippen molar-refractivity contribution in [3.63, 3.8) is 0 Å². The molecular weight excluding hydrogens is 480 g/mol. The summed E-state index contributed by atoms with van der Waals surface area (Å²) in [5, 5.41) is 0.942. The molecule has 5 aromatic rings. The SMILES string of the molecule is Cc1nc(Cn2c(=O)c3c(nc(N4CCCC(N)C4)n3Cc3ccccc3)n(C)c2=O)nc2ccccc12. The van der Waals surface area contributed by atoms with Crippen molar-refractivity contribution < 1.29 is 0 Å². The van der Waals surface area contributed by atoms with E-state index in [0.29, 0.717) is 36.0 Å². The van der Waals surface area contributed by atoms with Crippen LogP contribution in [0.2, 0.25) is 0 Å². The van der Waals surface area contributed by atoms with E-state index in [4.69, 9.17) is 10.7 Å². The molecule has 3 aromatic heterocycles. The molecule has 38 heavy (non-hydrogen) atoms. The second-order valence-electron chi connectivity index (χ2n) is 9.98. The van der Waals surface area contributed by atoms with Gasteiger partial charge in [-0.15, -0.1) is 0 Å².